The smallest absolute Gasteiger partial charge is 0.425 e. The summed E-state index contributed by atoms with van der Waals surface area (Å²) in [6.07, 6.45) is -5.90. The molecule has 0 bridgehead atoms. The number of hydrogen-bond donors (Lipinski definition) is 3. The Hall–Kier alpha value is -2.09. The van der Waals surface area contributed by atoms with Gasteiger partial charge < -0.3 is 20.1 Å². The van der Waals surface area contributed by atoms with Crippen LogP contribution in [0.25, 0.3) is 11.1 Å². The summed E-state index contributed by atoms with van der Waals surface area (Å²) in [5.74, 6) is 0.182. The second-order valence-electron chi connectivity index (χ2n) is 5.93. The van der Waals surface area contributed by atoms with E-state index in [-0.39, 0.29) is 29.9 Å². The number of aliphatic hydroxyl groups excluding tert-OH is 1. The van der Waals surface area contributed by atoms with Crippen LogP contribution in [0.5, 0.6) is 5.75 Å². The van der Waals surface area contributed by atoms with Crippen molar-refractivity contribution < 1.29 is 33.2 Å². The summed E-state index contributed by atoms with van der Waals surface area (Å²) in [5.41, 5.74) is -2.89. The Labute approximate surface area is 142 Å². The molecule has 1 aliphatic rings. The molecule has 2 aromatic carbocycles. The van der Waals surface area contributed by atoms with E-state index in [2.05, 4.69) is 0 Å². The van der Waals surface area contributed by atoms with Crippen molar-refractivity contribution in [2.24, 2.45) is 0 Å². The molecule has 25 heavy (non-hydrogen) atoms. The van der Waals surface area contributed by atoms with Crippen LogP contribution in [-0.2, 0) is 5.60 Å². The zero-order valence-corrected chi connectivity index (χ0v) is 13.1. The molecule has 0 aliphatic heterocycles. The number of rotatable bonds is 5. The Morgan fingerprint density at radius 1 is 1.00 bits per heavy atom. The van der Waals surface area contributed by atoms with Crippen LogP contribution in [0.2, 0.25) is 0 Å². The molecule has 0 saturated carbocycles. The van der Waals surface area contributed by atoms with Gasteiger partial charge in [-0.1, -0.05) is 30.3 Å². The second-order valence-corrected chi connectivity index (χ2v) is 5.93. The topological polar surface area (TPSA) is 69.9 Å². The van der Waals surface area contributed by atoms with E-state index in [1.807, 2.05) is 0 Å². The molecule has 3 rings (SSSR count). The number of halogens is 3. The molecule has 0 amide bonds. The van der Waals surface area contributed by atoms with Crippen molar-refractivity contribution in [3.8, 4) is 16.9 Å². The molecule has 134 valence electrons. The van der Waals surface area contributed by atoms with Crippen LogP contribution in [0.3, 0.4) is 0 Å². The first-order valence-electron chi connectivity index (χ1n) is 7.77. The Balaban J connectivity index is 1.96. The Kier molecular flexibility index (Phi) is 4.49. The third-order valence-corrected chi connectivity index (χ3v) is 4.27. The predicted octanol–water partition coefficient (Wildman–Crippen LogP) is 2.93. The number of ether oxygens (including phenoxy) is 1. The summed E-state index contributed by atoms with van der Waals surface area (Å²) in [7, 11) is 0. The number of alkyl halides is 3. The van der Waals surface area contributed by atoms with Gasteiger partial charge in [-0.3, -0.25) is 0 Å². The maximum Gasteiger partial charge on any atom is 0.425 e. The molecule has 7 heteroatoms. The summed E-state index contributed by atoms with van der Waals surface area (Å²) in [6, 6.07) is 10.1. The number of fused-ring (bicyclic) bond motifs is 3. The highest BCUT2D eigenvalue weighted by Crippen LogP contribution is 2.55. The molecule has 3 N–H and O–H groups in total. The van der Waals surface area contributed by atoms with Crippen LogP contribution < -0.4 is 4.74 Å². The first-order valence-corrected chi connectivity index (χ1v) is 7.77. The van der Waals surface area contributed by atoms with Gasteiger partial charge in [-0.05, 0) is 29.7 Å². The summed E-state index contributed by atoms with van der Waals surface area (Å²) < 4.78 is 46.4. The largest absolute Gasteiger partial charge is 0.494 e. The quantitative estimate of drug-likeness (QED) is 0.570. The van der Waals surface area contributed by atoms with E-state index in [1.54, 1.807) is 12.1 Å². The summed E-state index contributed by atoms with van der Waals surface area (Å²) in [4.78, 5) is 0. The molecule has 4 nitrogen and oxygen atoms in total. The SMILES string of the molecule is OC(O)CCCOc1ccc2c(c1)C(O)(C(F)(F)F)c1ccccc1-2. The van der Waals surface area contributed by atoms with Crippen molar-refractivity contribution in [1.29, 1.82) is 0 Å². The average Bonchev–Trinajstić information content (AvgIpc) is 2.82. The van der Waals surface area contributed by atoms with Crippen LogP contribution in [0, 0.1) is 0 Å². The number of aliphatic hydroxyl groups is 3. The summed E-state index contributed by atoms with van der Waals surface area (Å²) in [6.45, 7) is 0.119. The van der Waals surface area contributed by atoms with Crippen molar-refractivity contribution in [2.75, 3.05) is 6.61 Å². The fraction of sp³-hybridized carbons (Fsp3) is 0.333. The minimum atomic E-state index is -4.88. The fourth-order valence-electron chi connectivity index (χ4n) is 3.09. The normalized spacial score (nSPS) is 19.0. The highest BCUT2D eigenvalue weighted by molar-refractivity contribution is 5.81. The molecule has 0 fully saturated rings. The van der Waals surface area contributed by atoms with Gasteiger partial charge in [0.05, 0.1) is 6.61 Å². The van der Waals surface area contributed by atoms with Crippen molar-refractivity contribution >= 4 is 0 Å². The maximum absolute atomic E-state index is 13.7. The number of benzene rings is 2. The first kappa shape index (κ1) is 17.7. The van der Waals surface area contributed by atoms with Gasteiger partial charge in [-0.25, -0.2) is 0 Å². The lowest BCUT2D eigenvalue weighted by Gasteiger charge is -2.28. The minimum Gasteiger partial charge on any atom is -0.494 e. The van der Waals surface area contributed by atoms with Gasteiger partial charge in [-0.2, -0.15) is 13.2 Å². The third-order valence-electron chi connectivity index (χ3n) is 4.27. The van der Waals surface area contributed by atoms with Crippen molar-refractivity contribution in [3.63, 3.8) is 0 Å². The molecule has 1 aliphatic carbocycles. The lowest BCUT2D eigenvalue weighted by atomic mass is 9.91. The van der Waals surface area contributed by atoms with Gasteiger partial charge in [0, 0.05) is 17.5 Å². The van der Waals surface area contributed by atoms with E-state index in [0.29, 0.717) is 17.5 Å². The van der Waals surface area contributed by atoms with Gasteiger partial charge in [0.1, 0.15) is 5.75 Å². The van der Waals surface area contributed by atoms with Gasteiger partial charge in [0.2, 0.25) is 5.60 Å². The van der Waals surface area contributed by atoms with E-state index in [1.165, 1.54) is 30.3 Å². The van der Waals surface area contributed by atoms with Gasteiger partial charge in [-0.15, -0.1) is 0 Å². The van der Waals surface area contributed by atoms with Gasteiger partial charge >= 0.3 is 6.18 Å². The second kappa shape index (κ2) is 6.33. The first-order chi connectivity index (χ1) is 11.7. The molecule has 1 unspecified atom stereocenters. The zero-order chi connectivity index (χ0) is 18.2. The molecule has 0 radical (unpaired) electrons. The molecule has 0 heterocycles. The predicted molar refractivity (Wildman–Crippen MR) is 83.9 cm³/mol. The summed E-state index contributed by atoms with van der Waals surface area (Å²) in [5, 5.41) is 28.1. The molecule has 2 aromatic rings. The molecule has 0 saturated heterocycles. The Bertz CT molecular complexity index is 773. The number of hydrogen-bond acceptors (Lipinski definition) is 4. The highest BCUT2D eigenvalue weighted by atomic mass is 19.4. The van der Waals surface area contributed by atoms with Crippen LogP contribution in [0.15, 0.2) is 42.5 Å². The Morgan fingerprint density at radius 2 is 1.68 bits per heavy atom. The van der Waals surface area contributed by atoms with Crippen molar-refractivity contribution in [1.82, 2.24) is 0 Å². The van der Waals surface area contributed by atoms with Crippen LogP contribution in [0.4, 0.5) is 13.2 Å². The standard InChI is InChI=1S/C18H17F3O4/c19-18(20,21)17(24)14-5-2-1-4-12(14)13-8-7-11(10-15(13)17)25-9-3-6-16(22)23/h1-2,4-5,7-8,10,16,22-24H,3,6,9H2. The Morgan fingerprint density at radius 3 is 2.36 bits per heavy atom. The van der Waals surface area contributed by atoms with Crippen LogP contribution >= 0.6 is 0 Å². The third kappa shape index (κ3) is 2.99. The van der Waals surface area contributed by atoms with Crippen LogP contribution in [-0.4, -0.2) is 34.4 Å². The molecule has 0 aromatic heterocycles. The van der Waals surface area contributed by atoms with Crippen LogP contribution in [0.1, 0.15) is 24.0 Å². The highest BCUT2D eigenvalue weighted by Gasteiger charge is 2.60. The fourth-order valence-corrected chi connectivity index (χ4v) is 3.09. The average molecular weight is 354 g/mol. The molecular formula is C18H17F3O4. The maximum atomic E-state index is 13.7. The lowest BCUT2D eigenvalue weighted by Crippen LogP contribution is -2.41. The lowest BCUT2D eigenvalue weighted by molar-refractivity contribution is -0.246. The van der Waals surface area contributed by atoms with E-state index < -0.39 is 18.1 Å². The van der Waals surface area contributed by atoms with E-state index >= 15 is 0 Å². The minimum absolute atomic E-state index is 0.100. The van der Waals surface area contributed by atoms with E-state index in [4.69, 9.17) is 14.9 Å². The van der Waals surface area contributed by atoms with Gasteiger partial charge in [0.25, 0.3) is 0 Å². The summed E-state index contributed by atoms with van der Waals surface area (Å²) >= 11 is 0. The van der Waals surface area contributed by atoms with Crippen molar-refractivity contribution in [2.45, 2.75) is 30.9 Å². The monoisotopic (exact) mass is 354 g/mol. The van der Waals surface area contributed by atoms with Crippen molar-refractivity contribution in [3.05, 3.63) is 53.6 Å². The van der Waals surface area contributed by atoms with E-state index in [0.717, 1.165) is 0 Å². The molecular weight excluding hydrogens is 337 g/mol. The zero-order valence-electron chi connectivity index (χ0n) is 13.1. The molecule has 0 spiro atoms. The molecule has 1 atom stereocenters. The van der Waals surface area contributed by atoms with E-state index in [9.17, 15) is 18.3 Å². The van der Waals surface area contributed by atoms with Gasteiger partial charge in [0.15, 0.2) is 6.29 Å².